The number of halogens is 1. The van der Waals surface area contributed by atoms with Crippen LogP contribution in [0.25, 0.3) is 6.08 Å². The molecule has 0 radical (unpaired) electrons. The van der Waals surface area contributed by atoms with Crippen molar-refractivity contribution in [3.05, 3.63) is 94.9 Å². The van der Waals surface area contributed by atoms with E-state index in [-0.39, 0.29) is 18.1 Å². The van der Waals surface area contributed by atoms with Gasteiger partial charge < -0.3 is 20.1 Å². The average Bonchev–Trinajstić information content (AvgIpc) is 3.16. The van der Waals surface area contributed by atoms with Crippen LogP contribution in [0.5, 0.6) is 11.5 Å². The molecule has 1 aliphatic heterocycles. The predicted molar refractivity (Wildman–Crippen MR) is 141 cm³/mol. The van der Waals surface area contributed by atoms with E-state index in [1.165, 1.54) is 18.2 Å². The Morgan fingerprint density at radius 1 is 1.00 bits per heavy atom. The summed E-state index contributed by atoms with van der Waals surface area (Å²) in [6.45, 7) is 3.99. The highest BCUT2D eigenvalue weighted by atomic mass is 19.1. The molecular formula is C29H28FN3O5. The van der Waals surface area contributed by atoms with Gasteiger partial charge in [-0.3, -0.25) is 9.59 Å². The van der Waals surface area contributed by atoms with Gasteiger partial charge >= 0.3 is 6.03 Å². The highest BCUT2D eigenvalue weighted by molar-refractivity contribution is 6.16. The Bertz CT molecular complexity index is 1370. The minimum absolute atomic E-state index is 0.0409. The van der Waals surface area contributed by atoms with E-state index in [0.29, 0.717) is 29.4 Å². The highest BCUT2D eigenvalue weighted by Crippen LogP contribution is 2.30. The lowest BCUT2D eigenvalue weighted by Gasteiger charge is -2.14. The van der Waals surface area contributed by atoms with Crippen LogP contribution in [-0.2, 0) is 22.6 Å². The summed E-state index contributed by atoms with van der Waals surface area (Å²) in [5.74, 6) is -0.478. The molecule has 0 bridgehead atoms. The van der Waals surface area contributed by atoms with E-state index in [1.807, 2.05) is 26.0 Å². The fourth-order valence-electron chi connectivity index (χ4n) is 3.91. The number of imide groups is 1. The SMILES string of the molecule is CCOc1cc(/C=C2/NC(=O)N(CC(=O)Nc3ccccc3CC)C2=O)ccc1OCc1ccc(F)cc1. The minimum Gasteiger partial charge on any atom is -0.490 e. The molecule has 3 aromatic carbocycles. The molecule has 1 saturated heterocycles. The highest BCUT2D eigenvalue weighted by Gasteiger charge is 2.35. The van der Waals surface area contributed by atoms with E-state index in [4.69, 9.17) is 9.47 Å². The number of benzene rings is 3. The zero-order valence-corrected chi connectivity index (χ0v) is 21.1. The lowest BCUT2D eigenvalue weighted by Crippen LogP contribution is -2.38. The van der Waals surface area contributed by atoms with Crippen molar-refractivity contribution in [3.63, 3.8) is 0 Å². The smallest absolute Gasteiger partial charge is 0.329 e. The second kappa shape index (κ2) is 12.1. The van der Waals surface area contributed by atoms with Gasteiger partial charge in [-0.15, -0.1) is 0 Å². The lowest BCUT2D eigenvalue weighted by atomic mass is 10.1. The lowest BCUT2D eigenvalue weighted by molar-refractivity contribution is -0.127. The van der Waals surface area contributed by atoms with Gasteiger partial charge in [0.15, 0.2) is 11.5 Å². The molecule has 3 aromatic rings. The summed E-state index contributed by atoms with van der Waals surface area (Å²) in [5, 5.41) is 5.29. The first-order chi connectivity index (χ1) is 18.4. The molecule has 0 spiro atoms. The van der Waals surface area contributed by atoms with Crippen LogP contribution in [0.3, 0.4) is 0 Å². The monoisotopic (exact) mass is 517 g/mol. The summed E-state index contributed by atoms with van der Waals surface area (Å²) < 4.78 is 24.7. The van der Waals surface area contributed by atoms with E-state index in [9.17, 15) is 18.8 Å². The number of carbonyl (C=O) groups is 3. The number of hydrogen-bond donors (Lipinski definition) is 2. The molecule has 4 rings (SSSR count). The number of carbonyl (C=O) groups excluding carboxylic acids is 3. The fraction of sp³-hybridized carbons (Fsp3) is 0.207. The van der Waals surface area contributed by atoms with Crippen LogP contribution < -0.4 is 20.1 Å². The van der Waals surface area contributed by atoms with Crippen molar-refractivity contribution in [1.29, 1.82) is 0 Å². The molecule has 4 amide bonds. The summed E-state index contributed by atoms with van der Waals surface area (Å²) in [6, 6.07) is 17.8. The summed E-state index contributed by atoms with van der Waals surface area (Å²) in [5.41, 5.74) is 3.03. The zero-order valence-electron chi connectivity index (χ0n) is 21.1. The van der Waals surface area contributed by atoms with Crippen molar-refractivity contribution in [3.8, 4) is 11.5 Å². The van der Waals surface area contributed by atoms with Crippen molar-refractivity contribution in [2.45, 2.75) is 26.9 Å². The number of rotatable bonds is 10. The molecule has 196 valence electrons. The third-order valence-corrected chi connectivity index (χ3v) is 5.82. The Balaban J connectivity index is 1.44. The van der Waals surface area contributed by atoms with Crippen LogP contribution in [-0.4, -0.2) is 35.9 Å². The molecule has 0 saturated carbocycles. The molecule has 38 heavy (non-hydrogen) atoms. The molecule has 0 atom stereocenters. The largest absolute Gasteiger partial charge is 0.490 e. The topological polar surface area (TPSA) is 97.0 Å². The van der Waals surface area contributed by atoms with Crippen LogP contribution in [0.15, 0.2) is 72.4 Å². The quantitative estimate of drug-likeness (QED) is 0.295. The van der Waals surface area contributed by atoms with Crippen molar-refractivity contribution in [2.75, 3.05) is 18.5 Å². The molecule has 0 aromatic heterocycles. The van der Waals surface area contributed by atoms with Crippen LogP contribution in [0, 0.1) is 5.82 Å². The maximum absolute atomic E-state index is 13.1. The Labute approximate surface area is 220 Å². The van der Waals surface area contributed by atoms with E-state index in [2.05, 4.69) is 10.6 Å². The number of anilines is 1. The van der Waals surface area contributed by atoms with Crippen molar-refractivity contribution in [2.24, 2.45) is 0 Å². The summed E-state index contributed by atoms with van der Waals surface area (Å²) in [4.78, 5) is 38.8. The van der Waals surface area contributed by atoms with E-state index in [1.54, 1.807) is 42.5 Å². The van der Waals surface area contributed by atoms with Crippen molar-refractivity contribution >= 4 is 29.6 Å². The molecule has 1 fully saturated rings. The number of urea groups is 1. The minimum atomic E-state index is -0.676. The first-order valence-electron chi connectivity index (χ1n) is 12.2. The summed E-state index contributed by atoms with van der Waals surface area (Å²) in [6.07, 6.45) is 2.24. The number of ether oxygens (including phenoxy) is 2. The van der Waals surface area contributed by atoms with Crippen LogP contribution in [0.2, 0.25) is 0 Å². The summed E-state index contributed by atoms with van der Waals surface area (Å²) in [7, 11) is 0. The normalized spacial score (nSPS) is 14.0. The van der Waals surface area contributed by atoms with Gasteiger partial charge in [0.1, 0.15) is 24.7 Å². The summed E-state index contributed by atoms with van der Waals surface area (Å²) >= 11 is 0. The number of aryl methyl sites for hydroxylation is 1. The Morgan fingerprint density at radius 2 is 1.76 bits per heavy atom. The molecule has 0 unspecified atom stereocenters. The van der Waals surface area contributed by atoms with E-state index >= 15 is 0 Å². The molecule has 8 nitrogen and oxygen atoms in total. The zero-order chi connectivity index (χ0) is 27.1. The van der Waals surface area contributed by atoms with Gasteiger partial charge in [0, 0.05) is 5.69 Å². The molecule has 2 N–H and O–H groups in total. The van der Waals surface area contributed by atoms with Crippen molar-refractivity contribution in [1.82, 2.24) is 10.2 Å². The van der Waals surface area contributed by atoms with Gasteiger partial charge in [0.25, 0.3) is 5.91 Å². The standard InChI is InChI=1S/C29H28FN3O5/c1-3-21-7-5-6-8-23(21)31-27(34)17-33-28(35)24(32-29(33)36)15-20-11-14-25(26(16-20)37-4-2)38-18-19-9-12-22(30)13-10-19/h5-16H,3-4,17-18H2,1-2H3,(H,31,34)(H,32,36)/b24-15+. The van der Waals surface area contributed by atoms with Crippen LogP contribution in [0.1, 0.15) is 30.5 Å². The first-order valence-corrected chi connectivity index (χ1v) is 12.2. The molecule has 1 heterocycles. The van der Waals surface area contributed by atoms with Gasteiger partial charge in [-0.1, -0.05) is 43.3 Å². The van der Waals surface area contributed by atoms with Gasteiger partial charge in [0.05, 0.1) is 6.61 Å². The maximum atomic E-state index is 13.1. The Morgan fingerprint density at radius 3 is 2.50 bits per heavy atom. The van der Waals surface area contributed by atoms with Gasteiger partial charge in [-0.05, 0) is 66.4 Å². The average molecular weight is 518 g/mol. The van der Waals surface area contributed by atoms with E-state index in [0.717, 1.165) is 22.4 Å². The molecule has 0 aliphatic carbocycles. The predicted octanol–water partition coefficient (Wildman–Crippen LogP) is 4.90. The second-order valence-corrected chi connectivity index (χ2v) is 8.49. The second-order valence-electron chi connectivity index (χ2n) is 8.49. The number of amides is 4. The third kappa shape index (κ3) is 6.36. The number of para-hydroxylation sites is 1. The number of nitrogens with zero attached hydrogens (tertiary/aromatic N) is 1. The fourth-order valence-corrected chi connectivity index (χ4v) is 3.91. The Kier molecular flexibility index (Phi) is 8.37. The Hall–Kier alpha value is -4.66. The molecule has 9 heteroatoms. The van der Waals surface area contributed by atoms with Crippen LogP contribution >= 0.6 is 0 Å². The number of nitrogens with one attached hydrogen (secondary N) is 2. The first kappa shape index (κ1) is 26.4. The number of hydrogen-bond acceptors (Lipinski definition) is 5. The van der Waals surface area contributed by atoms with E-state index < -0.39 is 24.4 Å². The molecule has 1 aliphatic rings. The van der Waals surface area contributed by atoms with Gasteiger partial charge in [-0.25, -0.2) is 14.1 Å². The van der Waals surface area contributed by atoms with Crippen molar-refractivity contribution < 1.29 is 28.2 Å². The van der Waals surface area contributed by atoms with Crippen LogP contribution in [0.4, 0.5) is 14.9 Å². The maximum Gasteiger partial charge on any atom is 0.329 e. The van der Waals surface area contributed by atoms with Gasteiger partial charge in [0.2, 0.25) is 5.91 Å². The third-order valence-electron chi connectivity index (χ3n) is 5.82. The molecular weight excluding hydrogens is 489 g/mol. The van der Waals surface area contributed by atoms with Gasteiger partial charge in [-0.2, -0.15) is 0 Å².